The molecule has 0 radical (unpaired) electrons. The van der Waals surface area contributed by atoms with E-state index in [1.165, 1.54) is 11.6 Å². The first-order chi connectivity index (χ1) is 12.0. The highest BCUT2D eigenvalue weighted by atomic mass is 16.2. The van der Waals surface area contributed by atoms with Gasteiger partial charge in [0.1, 0.15) is 6.04 Å². The second kappa shape index (κ2) is 6.93. The van der Waals surface area contributed by atoms with Crippen molar-refractivity contribution in [2.45, 2.75) is 32.9 Å². The van der Waals surface area contributed by atoms with Crippen molar-refractivity contribution in [3.05, 3.63) is 76.4 Å². The number of amides is 2. The molecule has 128 valence electrons. The molecule has 4 heteroatoms. The van der Waals surface area contributed by atoms with Crippen LogP contribution in [-0.4, -0.2) is 22.8 Å². The lowest BCUT2D eigenvalue weighted by Gasteiger charge is -2.34. The zero-order chi connectivity index (χ0) is 18.0. The molecule has 1 atom stereocenters. The average Bonchev–Trinajstić information content (AvgIpc) is 2.59. The first-order valence-corrected chi connectivity index (χ1v) is 8.38. The Labute approximate surface area is 148 Å². The number of primary amides is 1. The summed E-state index contributed by atoms with van der Waals surface area (Å²) in [4.78, 5) is 26.1. The average molecular weight is 334 g/mol. The highest BCUT2D eigenvalue weighted by Crippen LogP contribution is 2.24. The fourth-order valence-electron chi connectivity index (χ4n) is 3.28. The number of aryl methyl sites for hydroxylation is 2. The molecule has 2 aromatic rings. The highest BCUT2D eigenvalue weighted by Gasteiger charge is 2.32. The molecule has 4 nitrogen and oxygen atoms in total. The van der Waals surface area contributed by atoms with Crippen molar-refractivity contribution < 1.29 is 9.59 Å². The Morgan fingerprint density at radius 1 is 1.12 bits per heavy atom. The van der Waals surface area contributed by atoms with Crippen LogP contribution in [0.3, 0.4) is 0 Å². The van der Waals surface area contributed by atoms with E-state index in [2.05, 4.69) is 6.07 Å². The summed E-state index contributed by atoms with van der Waals surface area (Å²) >= 11 is 0. The zero-order valence-corrected chi connectivity index (χ0v) is 14.5. The van der Waals surface area contributed by atoms with E-state index < -0.39 is 11.9 Å². The summed E-state index contributed by atoms with van der Waals surface area (Å²) < 4.78 is 0. The van der Waals surface area contributed by atoms with Crippen LogP contribution in [0.1, 0.15) is 27.8 Å². The molecule has 0 saturated heterocycles. The quantitative estimate of drug-likeness (QED) is 0.877. The predicted octanol–water partition coefficient (Wildman–Crippen LogP) is 2.76. The molecule has 0 saturated carbocycles. The van der Waals surface area contributed by atoms with Gasteiger partial charge in [-0.2, -0.15) is 0 Å². The third-order valence-electron chi connectivity index (χ3n) is 4.69. The number of rotatable bonds is 3. The van der Waals surface area contributed by atoms with Gasteiger partial charge in [0.2, 0.25) is 11.8 Å². The molecule has 2 aromatic carbocycles. The maximum Gasteiger partial charge on any atom is 0.247 e. The minimum atomic E-state index is -0.605. The number of fused-ring (bicyclic) bond motifs is 1. The van der Waals surface area contributed by atoms with Gasteiger partial charge >= 0.3 is 0 Å². The molecule has 1 aliphatic heterocycles. The third kappa shape index (κ3) is 3.63. The van der Waals surface area contributed by atoms with Crippen molar-refractivity contribution in [1.82, 2.24) is 4.90 Å². The number of carbonyl (C=O) groups is 2. The molecule has 25 heavy (non-hydrogen) atoms. The van der Waals surface area contributed by atoms with Crippen LogP contribution in [0.15, 0.2) is 48.5 Å². The van der Waals surface area contributed by atoms with Gasteiger partial charge in [-0.3, -0.25) is 9.59 Å². The topological polar surface area (TPSA) is 63.4 Å². The molecule has 2 amide bonds. The maximum atomic E-state index is 12.7. The van der Waals surface area contributed by atoms with Gasteiger partial charge in [-0.15, -0.1) is 0 Å². The van der Waals surface area contributed by atoms with Gasteiger partial charge in [0.25, 0.3) is 0 Å². The van der Waals surface area contributed by atoms with Crippen LogP contribution in [0.2, 0.25) is 0 Å². The van der Waals surface area contributed by atoms with Gasteiger partial charge in [-0.25, -0.2) is 0 Å². The van der Waals surface area contributed by atoms with Gasteiger partial charge in [0, 0.05) is 19.0 Å². The van der Waals surface area contributed by atoms with Gasteiger partial charge in [0.05, 0.1) is 0 Å². The van der Waals surface area contributed by atoms with Crippen molar-refractivity contribution in [1.29, 1.82) is 0 Å². The van der Waals surface area contributed by atoms with Crippen LogP contribution in [0.25, 0.3) is 6.08 Å². The number of nitrogens with zero attached hydrogens (tertiary/aromatic N) is 1. The summed E-state index contributed by atoms with van der Waals surface area (Å²) in [5, 5.41) is 0. The van der Waals surface area contributed by atoms with E-state index in [1.54, 1.807) is 11.0 Å². The Balaban J connectivity index is 1.84. The molecule has 3 rings (SSSR count). The maximum absolute atomic E-state index is 12.7. The number of nitrogens with two attached hydrogens (primary N) is 1. The second-order valence-electron chi connectivity index (χ2n) is 6.55. The monoisotopic (exact) mass is 334 g/mol. The molecule has 1 unspecified atom stereocenters. The van der Waals surface area contributed by atoms with Gasteiger partial charge in [0.15, 0.2) is 0 Å². The Kier molecular flexibility index (Phi) is 4.70. The van der Waals surface area contributed by atoms with Crippen molar-refractivity contribution in [2.24, 2.45) is 5.73 Å². The molecule has 0 spiro atoms. The van der Waals surface area contributed by atoms with E-state index in [-0.39, 0.29) is 5.91 Å². The molecule has 0 bridgehead atoms. The Bertz CT molecular complexity index is 855. The number of hydrogen-bond acceptors (Lipinski definition) is 2. The molecule has 1 aliphatic rings. The summed E-state index contributed by atoms with van der Waals surface area (Å²) in [6.45, 7) is 4.45. The van der Waals surface area contributed by atoms with Crippen molar-refractivity contribution in [3.63, 3.8) is 0 Å². The standard InChI is InChI=1S/C21H22N2O2/c1-14-7-8-16(15(2)11-14)9-10-20(24)23-13-18-6-4-3-5-17(18)12-19(23)21(22)25/h3-11,19H,12-13H2,1-2H3,(H2,22,25). The minimum Gasteiger partial charge on any atom is -0.368 e. The van der Waals surface area contributed by atoms with Gasteiger partial charge in [-0.05, 0) is 42.2 Å². The van der Waals surface area contributed by atoms with E-state index in [4.69, 9.17) is 5.73 Å². The van der Waals surface area contributed by atoms with E-state index in [0.717, 1.165) is 22.3 Å². The fourth-order valence-corrected chi connectivity index (χ4v) is 3.28. The molecule has 0 fully saturated rings. The van der Waals surface area contributed by atoms with Crippen molar-refractivity contribution in [2.75, 3.05) is 0 Å². The number of carbonyl (C=O) groups excluding carboxylic acids is 2. The Hall–Kier alpha value is -2.88. The third-order valence-corrected chi connectivity index (χ3v) is 4.69. The lowest BCUT2D eigenvalue weighted by Crippen LogP contribution is -2.50. The Morgan fingerprint density at radius 2 is 1.84 bits per heavy atom. The van der Waals surface area contributed by atoms with E-state index >= 15 is 0 Å². The lowest BCUT2D eigenvalue weighted by molar-refractivity contribution is -0.136. The van der Waals surface area contributed by atoms with Crippen LogP contribution < -0.4 is 5.73 Å². The van der Waals surface area contributed by atoms with Crippen LogP contribution in [-0.2, 0) is 22.6 Å². The van der Waals surface area contributed by atoms with Crippen molar-refractivity contribution >= 4 is 17.9 Å². The smallest absolute Gasteiger partial charge is 0.247 e. The van der Waals surface area contributed by atoms with Crippen LogP contribution in [0, 0.1) is 13.8 Å². The summed E-state index contributed by atoms with van der Waals surface area (Å²) in [6, 6.07) is 13.3. The molecular weight excluding hydrogens is 312 g/mol. The molecule has 1 heterocycles. The fraction of sp³-hybridized carbons (Fsp3) is 0.238. The van der Waals surface area contributed by atoms with E-state index in [0.29, 0.717) is 13.0 Å². The predicted molar refractivity (Wildman–Crippen MR) is 98.6 cm³/mol. The van der Waals surface area contributed by atoms with Crippen molar-refractivity contribution in [3.8, 4) is 0 Å². The van der Waals surface area contributed by atoms with Gasteiger partial charge in [-0.1, -0.05) is 48.0 Å². The van der Waals surface area contributed by atoms with Crippen LogP contribution >= 0.6 is 0 Å². The largest absolute Gasteiger partial charge is 0.368 e. The molecular formula is C21H22N2O2. The summed E-state index contributed by atoms with van der Waals surface area (Å²) in [7, 11) is 0. The summed E-state index contributed by atoms with van der Waals surface area (Å²) in [5.74, 6) is -0.666. The van der Waals surface area contributed by atoms with E-state index in [9.17, 15) is 9.59 Å². The normalized spacial score (nSPS) is 16.7. The first kappa shape index (κ1) is 17.0. The molecule has 0 aromatic heterocycles. The van der Waals surface area contributed by atoms with Crippen LogP contribution in [0.4, 0.5) is 0 Å². The summed E-state index contributed by atoms with van der Waals surface area (Å²) in [5.41, 5.74) is 11.0. The zero-order valence-electron chi connectivity index (χ0n) is 14.5. The van der Waals surface area contributed by atoms with E-state index in [1.807, 2.05) is 50.2 Å². The van der Waals surface area contributed by atoms with Crippen LogP contribution in [0.5, 0.6) is 0 Å². The van der Waals surface area contributed by atoms with Gasteiger partial charge < -0.3 is 10.6 Å². The number of benzene rings is 2. The lowest BCUT2D eigenvalue weighted by atomic mass is 9.93. The summed E-state index contributed by atoms with van der Waals surface area (Å²) in [6.07, 6.45) is 3.80. The Morgan fingerprint density at radius 3 is 2.52 bits per heavy atom. The number of hydrogen-bond donors (Lipinski definition) is 1. The SMILES string of the molecule is Cc1ccc(C=CC(=O)N2Cc3ccccc3CC2C(N)=O)c(C)c1. The first-order valence-electron chi connectivity index (χ1n) is 8.38. The second-order valence-corrected chi connectivity index (χ2v) is 6.55. The molecule has 0 aliphatic carbocycles. The molecule has 2 N–H and O–H groups in total. The highest BCUT2D eigenvalue weighted by molar-refractivity contribution is 5.95. The minimum absolute atomic E-state index is 0.196.